The van der Waals surface area contributed by atoms with Crippen LogP contribution in [0.5, 0.6) is 5.75 Å². The number of fused-ring (bicyclic) bond motifs is 2. The van der Waals surface area contributed by atoms with Crippen molar-refractivity contribution in [3.8, 4) is 5.75 Å². The molecule has 1 aliphatic rings. The summed E-state index contributed by atoms with van der Waals surface area (Å²) in [6, 6.07) is 15.4. The Balaban J connectivity index is 2.07. The predicted molar refractivity (Wildman–Crippen MR) is 87.0 cm³/mol. The summed E-state index contributed by atoms with van der Waals surface area (Å²) in [7, 11) is 1.74. The van der Waals surface area contributed by atoms with Crippen LogP contribution in [0.15, 0.2) is 42.5 Å². The van der Waals surface area contributed by atoms with Crippen molar-refractivity contribution in [2.75, 3.05) is 13.7 Å². The number of aryl methyl sites for hydroxylation is 2. The molecule has 0 radical (unpaired) electrons. The van der Waals surface area contributed by atoms with Crippen LogP contribution in [0.3, 0.4) is 0 Å². The number of hydrogen-bond donors (Lipinski definition) is 1. The lowest BCUT2D eigenvalue weighted by Gasteiger charge is -2.20. The van der Waals surface area contributed by atoms with Gasteiger partial charge in [0.2, 0.25) is 0 Å². The van der Waals surface area contributed by atoms with Gasteiger partial charge in [0.25, 0.3) is 0 Å². The van der Waals surface area contributed by atoms with Gasteiger partial charge in [0, 0.05) is 5.92 Å². The van der Waals surface area contributed by atoms with Crippen molar-refractivity contribution >= 4 is 0 Å². The first-order valence-corrected chi connectivity index (χ1v) is 7.78. The number of rotatable bonds is 4. The quantitative estimate of drug-likeness (QED) is 0.928. The molecule has 0 saturated carbocycles. The Labute approximate surface area is 126 Å². The molecule has 3 rings (SSSR count). The summed E-state index contributed by atoms with van der Waals surface area (Å²) in [4.78, 5) is 0. The summed E-state index contributed by atoms with van der Waals surface area (Å²) in [5.74, 6) is 1.42. The fourth-order valence-electron chi connectivity index (χ4n) is 3.44. The third kappa shape index (κ3) is 2.81. The highest BCUT2D eigenvalue weighted by atomic mass is 16.5. The van der Waals surface area contributed by atoms with Crippen LogP contribution in [0, 0.1) is 0 Å². The van der Waals surface area contributed by atoms with Gasteiger partial charge in [-0.3, -0.25) is 0 Å². The average molecular weight is 281 g/mol. The second-order valence-corrected chi connectivity index (χ2v) is 5.75. The Hall–Kier alpha value is -1.80. The first-order chi connectivity index (χ1) is 10.3. The molecule has 2 nitrogen and oxygen atoms in total. The van der Waals surface area contributed by atoms with Crippen molar-refractivity contribution < 1.29 is 4.74 Å². The Morgan fingerprint density at radius 3 is 2.62 bits per heavy atom. The minimum atomic E-state index is 0.466. The van der Waals surface area contributed by atoms with Crippen LogP contribution < -0.4 is 10.5 Å². The third-order valence-electron chi connectivity index (χ3n) is 4.52. The van der Waals surface area contributed by atoms with E-state index < -0.39 is 0 Å². The molecule has 110 valence electrons. The van der Waals surface area contributed by atoms with Gasteiger partial charge in [-0.1, -0.05) is 30.3 Å². The number of methoxy groups -OCH3 is 1. The van der Waals surface area contributed by atoms with Gasteiger partial charge in [0.1, 0.15) is 5.75 Å². The van der Waals surface area contributed by atoms with Crippen LogP contribution in [0.4, 0.5) is 0 Å². The molecule has 1 atom stereocenters. The molecule has 0 aliphatic heterocycles. The van der Waals surface area contributed by atoms with Crippen molar-refractivity contribution in [3.05, 3.63) is 64.7 Å². The molecular formula is C19H23NO. The molecule has 2 heteroatoms. The van der Waals surface area contributed by atoms with E-state index in [-0.39, 0.29) is 0 Å². The monoisotopic (exact) mass is 281 g/mol. The third-order valence-corrected chi connectivity index (χ3v) is 4.52. The molecule has 2 aromatic carbocycles. The standard InChI is InChI=1S/C19H23NO/c1-21-16-10-11-18-15(13-16)9-8-14-5-2-3-6-17(14)19(18)7-4-12-20/h2-3,5-6,10-11,13,19H,4,7-9,12,20H2,1H3. The lowest BCUT2D eigenvalue weighted by atomic mass is 9.85. The normalized spacial score (nSPS) is 16.8. The summed E-state index contributed by atoms with van der Waals surface area (Å²) >= 11 is 0. The fraction of sp³-hybridized carbons (Fsp3) is 0.368. The summed E-state index contributed by atoms with van der Waals surface area (Å²) in [5.41, 5.74) is 11.6. The van der Waals surface area contributed by atoms with Gasteiger partial charge < -0.3 is 10.5 Å². The Bertz CT molecular complexity index is 621. The molecular weight excluding hydrogens is 258 g/mol. The molecule has 2 aromatic rings. The van der Waals surface area contributed by atoms with Crippen LogP contribution in [-0.2, 0) is 12.8 Å². The first-order valence-electron chi connectivity index (χ1n) is 7.78. The van der Waals surface area contributed by atoms with E-state index >= 15 is 0 Å². The van der Waals surface area contributed by atoms with Crippen LogP contribution in [-0.4, -0.2) is 13.7 Å². The van der Waals surface area contributed by atoms with Gasteiger partial charge >= 0.3 is 0 Å². The van der Waals surface area contributed by atoms with Gasteiger partial charge in [-0.15, -0.1) is 0 Å². The van der Waals surface area contributed by atoms with E-state index in [4.69, 9.17) is 10.5 Å². The molecule has 2 N–H and O–H groups in total. The Morgan fingerprint density at radius 1 is 1.05 bits per heavy atom. The summed E-state index contributed by atoms with van der Waals surface area (Å²) < 4.78 is 5.39. The Morgan fingerprint density at radius 2 is 1.81 bits per heavy atom. The second-order valence-electron chi connectivity index (χ2n) is 5.75. The average Bonchev–Trinajstić information content (AvgIpc) is 2.69. The summed E-state index contributed by atoms with van der Waals surface area (Å²) in [5, 5.41) is 0. The first kappa shape index (κ1) is 14.2. The second kappa shape index (κ2) is 6.31. The highest BCUT2D eigenvalue weighted by Gasteiger charge is 2.23. The molecule has 0 heterocycles. The van der Waals surface area contributed by atoms with E-state index in [1.54, 1.807) is 7.11 Å². The van der Waals surface area contributed by atoms with Gasteiger partial charge in [-0.25, -0.2) is 0 Å². The van der Waals surface area contributed by atoms with Crippen LogP contribution >= 0.6 is 0 Å². The molecule has 21 heavy (non-hydrogen) atoms. The van der Waals surface area contributed by atoms with Crippen molar-refractivity contribution in [2.24, 2.45) is 5.73 Å². The highest BCUT2D eigenvalue weighted by Crippen LogP contribution is 2.38. The molecule has 0 amide bonds. The van der Waals surface area contributed by atoms with Crippen LogP contribution in [0.2, 0.25) is 0 Å². The predicted octanol–water partition coefficient (Wildman–Crippen LogP) is 3.66. The molecule has 0 bridgehead atoms. The van der Waals surface area contributed by atoms with Gasteiger partial charge in [0.15, 0.2) is 0 Å². The Kier molecular flexibility index (Phi) is 4.26. The highest BCUT2D eigenvalue weighted by molar-refractivity contribution is 5.47. The maximum atomic E-state index is 5.75. The van der Waals surface area contributed by atoms with Crippen LogP contribution in [0.25, 0.3) is 0 Å². The maximum Gasteiger partial charge on any atom is 0.119 e. The summed E-state index contributed by atoms with van der Waals surface area (Å²) in [6.45, 7) is 0.754. The van der Waals surface area contributed by atoms with Gasteiger partial charge in [0.05, 0.1) is 7.11 Å². The summed E-state index contributed by atoms with van der Waals surface area (Å²) in [6.07, 6.45) is 4.37. The van der Waals surface area contributed by atoms with Gasteiger partial charge in [-0.05, 0) is 66.6 Å². The molecule has 1 aliphatic carbocycles. The SMILES string of the molecule is COc1ccc2c(c1)CCc1ccccc1C2CCCN. The number of nitrogens with two attached hydrogens (primary N) is 1. The van der Waals surface area contributed by atoms with Crippen molar-refractivity contribution in [1.29, 1.82) is 0 Å². The molecule has 0 fully saturated rings. The smallest absolute Gasteiger partial charge is 0.119 e. The zero-order valence-corrected chi connectivity index (χ0v) is 12.6. The van der Waals surface area contributed by atoms with Crippen molar-refractivity contribution in [1.82, 2.24) is 0 Å². The number of hydrogen-bond acceptors (Lipinski definition) is 2. The zero-order valence-electron chi connectivity index (χ0n) is 12.6. The van der Waals surface area contributed by atoms with E-state index in [2.05, 4.69) is 42.5 Å². The van der Waals surface area contributed by atoms with Gasteiger partial charge in [-0.2, -0.15) is 0 Å². The van der Waals surface area contributed by atoms with E-state index in [0.717, 1.165) is 38.0 Å². The topological polar surface area (TPSA) is 35.2 Å². The minimum Gasteiger partial charge on any atom is -0.497 e. The lowest BCUT2D eigenvalue weighted by molar-refractivity contribution is 0.414. The van der Waals surface area contributed by atoms with Crippen molar-refractivity contribution in [3.63, 3.8) is 0 Å². The lowest BCUT2D eigenvalue weighted by Crippen LogP contribution is -2.07. The largest absolute Gasteiger partial charge is 0.497 e. The molecule has 0 aromatic heterocycles. The fourth-order valence-corrected chi connectivity index (χ4v) is 3.44. The van der Waals surface area contributed by atoms with E-state index in [9.17, 15) is 0 Å². The number of ether oxygens (including phenoxy) is 1. The minimum absolute atomic E-state index is 0.466. The van der Waals surface area contributed by atoms with Crippen LogP contribution in [0.1, 0.15) is 41.0 Å². The maximum absolute atomic E-state index is 5.75. The molecule has 0 spiro atoms. The van der Waals surface area contributed by atoms with Crippen molar-refractivity contribution in [2.45, 2.75) is 31.6 Å². The van der Waals surface area contributed by atoms with E-state index in [1.165, 1.54) is 22.3 Å². The number of benzene rings is 2. The molecule has 1 unspecified atom stereocenters. The van der Waals surface area contributed by atoms with E-state index in [1.807, 2.05) is 0 Å². The zero-order chi connectivity index (χ0) is 14.7. The van der Waals surface area contributed by atoms with E-state index in [0.29, 0.717) is 5.92 Å². The molecule has 0 saturated heterocycles.